The van der Waals surface area contributed by atoms with E-state index >= 15 is 0 Å². The van der Waals surface area contributed by atoms with Gasteiger partial charge in [0.1, 0.15) is 4.49 Å². The van der Waals surface area contributed by atoms with Gasteiger partial charge in [-0.25, -0.2) is 0 Å². The molecule has 0 unspecified atom stereocenters. The van der Waals surface area contributed by atoms with Crippen molar-refractivity contribution in [2.24, 2.45) is 0 Å². The second-order valence-electron chi connectivity index (χ2n) is 2.34. The predicted octanol–water partition coefficient (Wildman–Crippen LogP) is 2.10. The summed E-state index contributed by atoms with van der Waals surface area (Å²) in [5.74, 6) is -0.128. The molecule has 4 heteroatoms. The normalized spacial score (nSPS) is 17.5. The summed E-state index contributed by atoms with van der Waals surface area (Å²) in [5.41, 5.74) is 2.00. The van der Waals surface area contributed by atoms with Crippen LogP contribution in [-0.2, 0) is 4.79 Å². The first-order valence-electron chi connectivity index (χ1n) is 3.08. The van der Waals surface area contributed by atoms with Gasteiger partial charge in [0.2, 0.25) is 0 Å². The average molecular weight is 192 g/mol. The second-order valence-corrected chi connectivity index (χ2v) is 3.29. The van der Waals surface area contributed by atoms with Crippen LogP contribution in [0.4, 0.5) is 0 Å². The van der Waals surface area contributed by atoms with Gasteiger partial charge in [-0.05, 0) is 19.4 Å². The van der Waals surface area contributed by atoms with Crippen molar-refractivity contribution >= 4 is 29.1 Å². The Kier molecular flexibility index (Phi) is 2.25. The Morgan fingerprint density at radius 2 is 1.82 bits per heavy atom. The van der Waals surface area contributed by atoms with E-state index in [1.165, 1.54) is 0 Å². The van der Waals surface area contributed by atoms with Gasteiger partial charge in [0, 0.05) is 5.57 Å². The number of halogens is 2. The molecule has 0 atom stereocenters. The molecule has 0 radical (unpaired) electrons. The van der Waals surface area contributed by atoms with E-state index in [1.54, 1.807) is 13.8 Å². The minimum Gasteiger partial charge on any atom is -0.320 e. The van der Waals surface area contributed by atoms with Gasteiger partial charge in [0.05, 0.1) is 5.70 Å². The van der Waals surface area contributed by atoms with Crippen LogP contribution in [0.3, 0.4) is 0 Å². The lowest BCUT2D eigenvalue weighted by Crippen LogP contribution is -2.15. The Morgan fingerprint density at radius 3 is 2.00 bits per heavy atom. The summed E-state index contributed by atoms with van der Waals surface area (Å²) in [6.45, 7) is 3.53. The van der Waals surface area contributed by atoms with Crippen LogP contribution in [0.15, 0.2) is 21.3 Å². The van der Waals surface area contributed by atoms with Gasteiger partial charge in [0.25, 0.3) is 5.91 Å². The van der Waals surface area contributed by atoms with Crippen LogP contribution in [0.1, 0.15) is 13.8 Å². The van der Waals surface area contributed by atoms with Crippen LogP contribution in [0.5, 0.6) is 0 Å². The van der Waals surface area contributed by atoms with Crippen molar-refractivity contribution in [2.45, 2.75) is 13.8 Å². The van der Waals surface area contributed by atoms with Gasteiger partial charge in [-0.1, -0.05) is 23.2 Å². The number of nitrogens with one attached hydrogen (secondary N) is 1. The minimum atomic E-state index is -0.128. The largest absolute Gasteiger partial charge is 0.320 e. The number of hydrogen-bond donors (Lipinski definition) is 1. The number of amides is 1. The molecule has 1 rings (SSSR count). The Labute approximate surface area is 74.9 Å². The molecule has 0 aliphatic carbocycles. The SMILES string of the molecule is CC1=C(C)C(=C(Cl)Cl)NC1=O. The summed E-state index contributed by atoms with van der Waals surface area (Å²) in [6.07, 6.45) is 0. The van der Waals surface area contributed by atoms with E-state index in [0.717, 1.165) is 5.57 Å². The van der Waals surface area contributed by atoms with Crippen LogP contribution in [0, 0.1) is 0 Å². The zero-order valence-electron chi connectivity index (χ0n) is 6.16. The Balaban J connectivity index is 3.15. The maximum Gasteiger partial charge on any atom is 0.251 e. The van der Waals surface area contributed by atoms with Gasteiger partial charge in [-0.3, -0.25) is 4.79 Å². The molecular weight excluding hydrogens is 185 g/mol. The van der Waals surface area contributed by atoms with Crippen molar-refractivity contribution in [1.82, 2.24) is 5.32 Å². The lowest BCUT2D eigenvalue weighted by atomic mass is 10.2. The molecule has 1 aliphatic rings. The third-order valence-electron chi connectivity index (χ3n) is 1.71. The molecule has 0 saturated carbocycles. The van der Waals surface area contributed by atoms with Crippen LogP contribution in [-0.4, -0.2) is 5.91 Å². The van der Waals surface area contributed by atoms with E-state index in [0.29, 0.717) is 11.3 Å². The number of carbonyl (C=O) groups excluding carboxylic acids is 1. The van der Waals surface area contributed by atoms with E-state index in [2.05, 4.69) is 5.32 Å². The van der Waals surface area contributed by atoms with Crippen molar-refractivity contribution in [3.8, 4) is 0 Å². The van der Waals surface area contributed by atoms with Crippen molar-refractivity contribution < 1.29 is 4.79 Å². The number of rotatable bonds is 0. The van der Waals surface area contributed by atoms with Gasteiger partial charge in [-0.15, -0.1) is 0 Å². The fourth-order valence-corrected chi connectivity index (χ4v) is 1.23. The molecule has 0 spiro atoms. The monoisotopic (exact) mass is 191 g/mol. The summed E-state index contributed by atoms with van der Waals surface area (Å²) < 4.78 is 0.104. The molecule has 1 heterocycles. The molecule has 0 aromatic rings. The molecule has 60 valence electrons. The number of allylic oxidation sites excluding steroid dienone is 1. The third-order valence-corrected chi connectivity index (χ3v) is 2.08. The van der Waals surface area contributed by atoms with Crippen LogP contribution < -0.4 is 5.32 Å². The first-order valence-corrected chi connectivity index (χ1v) is 3.84. The van der Waals surface area contributed by atoms with Gasteiger partial charge in [-0.2, -0.15) is 0 Å². The molecule has 0 aromatic heterocycles. The molecule has 1 amide bonds. The van der Waals surface area contributed by atoms with Crippen LogP contribution >= 0.6 is 23.2 Å². The number of hydrogen-bond acceptors (Lipinski definition) is 1. The molecule has 1 aliphatic heterocycles. The summed E-state index contributed by atoms with van der Waals surface area (Å²) >= 11 is 11.0. The van der Waals surface area contributed by atoms with Crippen molar-refractivity contribution in [3.05, 3.63) is 21.3 Å². The highest BCUT2D eigenvalue weighted by Crippen LogP contribution is 2.25. The Hall–Kier alpha value is -0.470. The highest BCUT2D eigenvalue weighted by atomic mass is 35.5. The lowest BCUT2D eigenvalue weighted by Gasteiger charge is -1.97. The van der Waals surface area contributed by atoms with Gasteiger partial charge >= 0.3 is 0 Å². The topological polar surface area (TPSA) is 29.1 Å². The summed E-state index contributed by atoms with van der Waals surface area (Å²) in [4.78, 5) is 11.0. The maximum atomic E-state index is 11.0. The highest BCUT2D eigenvalue weighted by molar-refractivity contribution is 6.56. The Morgan fingerprint density at radius 1 is 1.27 bits per heavy atom. The van der Waals surface area contributed by atoms with Gasteiger partial charge in [0.15, 0.2) is 0 Å². The molecule has 2 nitrogen and oxygen atoms in total. The fraction of sp³-hybridized carbons (Fsp3) is 0.286. The average Bonchev–Trinajstić information content (AvgIpc) is 2.17. The maximum absolute atomic E-state index is 11.0. The first kappa shape index (κ1) is 8.62. The Bertz CT molecular complexity index is 274. The standard InChI is InChI=1S/C7H7Cl2NO/c1-3-4(2)7(11)10-5(3)6(8)9/h1-2H3,(H,10,11). The van der Waals surface area contributed by atoms with Crippen molar-refractivity contribution in [3.63, 3.8) is 0 Å². The predicted molar refractivity (Wildman–Crippen MR) is 45.2 cm³/mol. The van der Waals surface area contributed by atoms with E-state index in [1.807, 2.05) is 0 Å². The zero-order chi connectivity index (χ0) is 8.59. The van der Waals surface area contributed by atoms with Crippen LogP contribution in [0.2, 0.25) is 0 Å². The van der Waals surface area contributed by atoms with Crippen molar-refractivity contribution in [1.29, 1.82) is 0 Å². The summed E-state index contributed by atoms with van der Waals surface area (Å²) in [5, 5.41) is 2.56. The molecule has 0 bridgehead atoms. The molecule has 0 saturated heterocycles. The van der Waals surface area contributed by atoms with E-state index < -0.39 is 0 Å². The van der Waals surface area contributed by atoms with Crippen molar-refractivity contribution in [2.75, 3.05) is 0 Å². The minimum absolute atomic E-state index is 0.104. The molecule has 1 N–H and O–H groups in total. The lowest BCUT2D eigenvalue weighted by molar-refractivity contribution is -0.116. The quantitative estimate of drug-likeness (QED) is 0.625. The molecular formula is C7H7Cl2NO. The summed E-state index contributed by atoms with van der Waals surface area (Å²) in [7, 11) is 0. The highest BCUT2D eigenvalue weighted by Gasteiger charge is 2.22. The van der Waals surface area contributed by atoms with E-state index in [-0.39, 0.29) is 10.4 Å². The smallest absolute Gasteiger partial charge is 0.251 e. The zero-order valence-corrected chi connectivity index (χ0v) is 7.68. The molecule has 0 aromatic carbocycles. The fourth-order valence-electron chi connectivity index (χ4n) is 0.848. The first-order chi connectivity index (χ1) is 5.04. The third kappa shape index (κ3) is 1.42. The van der Waals surface area contributed by atoms with E-state index in [9.17, 15) is 4.79 Å². The van der Waals surface area contributed by atoms with Crippen LogP contribution in [0.25, 0.3) is 0 Å². The van der Waals surface area contributed by atoms with E-state index in [4.69, 9.17) is 23.2 Å². The number of carbonyl (C=O) groups is 1. The summed E-state index contributed by atoms with van der Waals surface area (Å²) in [6, 6.07) is 0. The molecule has 0 fully saturated rings. The molecule has 11 heavy (non-hydrogen) atoms. The van der Waals surface area contributed by atoms with Gasteiger partial charge < -0.3 is 5.32 Å². The second kappa shape index (κ2) is 2.88.